The lowest BCUT2D eigenvalue weighted by Gasteiger charge is -2.26. The van der Waals surface area contributed by atoms with Crippen LogP contribution >= 0.6 is 12.2 Å². The minimum Gasteiger partial charge on any atom is -0.481 e. The van der Waals surface area contributed by atoms with Gasteiger partial charge in [0.2, 0.25) is 0 Å². The quantitative estimate of drug-likeness (QED) is 0.481. The summed E-state index contributed by atoms with van der Waals surface area (Å²) >= 11 is 4.35. The molecule has 1 saturated carbocycles. The molecule has 1 N–H and O–H groups in total. The molecule has 0 heterocycles. The summed E-state index contributed by atoms with van der Waals surface area (Å²) in [5, 5.41) is 10.6. The highest BCUT2D eigenvalue weighted by atomic mass is 32.1. The molecular formula is C6H6NO2S. The average Bonchev–Trinajstić information content (AvgIpc) is 1.76. The van der Waals surface area contributed by atoms with Crippen molar-refractivity contribution in [2.75, 3.05) is 0 Å². The van der Waals surface area contributed by atoms with Crippen molar-refractivity contribution in [3.63, 3.8) is 0 Å². The summed E-state index contributed by atoms with van der Waals surface area (Å²) in [4.78, 5) is 13.9. The molecule has 0 bridgehead atoms. The molecule has 0 aromatic heterocycles. The van der Waals surface area contributed by atoms with E-state index in [0.717, 1.165) is 6.04 Å². The molecule has 53 valence electrons. The fourth-order valence-electron chi connectivity index (χ4n) is 0.840. The highest BCUT2D eigenvalue weighted by molar-refractivity contribution is 7.78. The first-order valence-corrected chi connectivity index (χ1v) is 3.30. The van der Waals surface area contributed by atoms with E-state index in [-0.39, 0.29) is 5.92 Å². The van der Waals surface area contributed by atoms with Gasteiger partial charge in [-0.1, -0.05) is 0 Å². The van der Waals surface area contributed by atoms with E-state index in [1.165, 1.54) is 0 Å². The van der Waals surface area contributed by atoms with Crippen LogP contribution in [-0.4, -0.2) is 16.2 Å². The minimum absolute atomic E-state index is 0.234. The van der Waals surface area contributed by atoms with Crippen molar-refractivity contribution in [2.24, 2.45) is 10.9 Å². The standard InChI is InChI=1S/C6H6NO2S/c8-6(9)4-1-5(2-4)7-3-10/h4H,1-2H2,(H,8,9). The second-order valence-corrected chi connectivity index (χ2v) is 2.40. The zero-order valence-corrected chi connectivity index (χ0v) is 6.02. The molecule has 4 heteroatoms. The number of hydrogen-bond donors (Lipinski definition) is 1. The number of carboxylic acid groups (broad SMARTS) is 1. The SMILES string of the molecule is O=C(O)C1C[C](N=C=S)C1. The normalized spacial score (nSPS) is 19.2. The molecule has 0 saturated heterocycles. The van der Waals surface area contributed by atoms with Crippen LogP contribution in [0, 0.1) is 12.0 Å². The lowest BCUT2D eigenvalue weighted by atomic mass is 9.81. The molecule has 0 atom stereocenters. The molecule has 1 fully saturated rings. The summed E-state index contributed by atoms with van der Waals surface area (Å²) in [6.07, 6.45) is 1.08. The van der Waals surface area contributed by atoms with Gasteiger partial charge in [-0.25, -0.2) is 4.99 Å². The predicted octanol–water partition coefficient (Wildman–Crippen LogP) is 1.12. The van der Waals surface area contributed by atoms with Crippen LogP contribution < -0.4 is 0 Å². The molecule has 0 amide bonds. The van der Waals surface area contributed by atoms with E-state index < -0.39 is 5.97 Å². The number of isothiocyanates is 1. The maximum Gasteiger partial charge on any atom is 0.306 e. The smallest absolute Gasteiger partial charge is 0.306 e. The molecular weight excluding hydrogens is 150 g/mol. The first kappa shape index (κ1) is 7.38. The predicted molar refractivity (Wildman–Crippen MR) is 38.6 cm³/mol. The van der Waals surface area contributed by atoms with Gasteiger partial charge in [0.05, 0.1) is 17.1 Å². The fraction of sp³-hybridized carbons (Fsp3) is 0.500. The molecule has 0 spiro atoms. The minimum atomic E-state index is -0.747. The van der Waals surface area contributed by atoms with Crippen LogP contribution in [0.3, 0.4) is 0 Å². The van der Waals surface area contributed by atoms with Crippen molar-refractivity contribution in [3.05, 3.63) is 6.04 Å². The number of aliphatic carboxylic acids is 1. The molecule has 0 aliphatic heterocycles. The van der Waals surface area contributed by atoms with Crippen LogP contribution in [0.1, 0.15) is 12.8 Å². The molecule has 3 nitrogen and oxygen atoms in total. The highest BCUT2D eigenvalue weighted by Crippen LogP contribution is 2.36. The van der Waals surface area contributed by atoms with Gasteiger partial charge in [-0.2, -0.15) is 0 Å². The van der Waals surface area contributed by atoms with Gasteiger partial charge in [-0.05, 0) is 25.1 Å². The fourth-order valence-corrected chi connectivity index (χ4v) is 0.969. The number of carboxylic acids is 1. The summed E-state index contributed by atoms with van der Waals surface area (Å²) in [6, 6.07) is 0.849. The third-order valence-corrected chi connectivity index (χ3v) is 1.61. The average molecular weight is 156 g/mol. The van der Waals surface area contributed by atoms with Crippen LogP contribution in [0.2, 0.25) is 0 Å². The second-order valence-electron chi connectivity index (χ2n) is 2.21. The van der Waals surface area contributed by atoms with Crippen LogP contribution in [0.4, 0.5) is 0 Å². The zero-order chi connectivity index (χ0) is 7.56. The molecule has 10 heavy (non-hydrogen) atoms. The molecule has 0 aromatic rings. The third-order valence-electron chi connectivity index (χ3n) is 1.52. The van der Waals surface area contributed by atoms with Crippen molar-refractivity contribution in [2.45, 2.75) is 12.8 Å². The van der Waals surface area contributed by atoms with Gasteiger partial charge < -0.3 is 5.11 Å². The molecule has 1 radical (unpaired) electrons. The molecule has 0 unspecified atom stereocenters. The van der Waals surface area contributed by atoms with Gasteiger partial charge >= 0.3 is 5.97 Å². The Morgan fingerprint density at radius 1 is 1.80 bits per heavy atom. The maximum atomic E-state index is 10.2. The summed E-state index contributed by atoms with van der Waals surface area (Å²) in [7, 11) is 0. The van der Waals surface area contributed by atoms with Gasteiger partial charge in [0.25, 0.3) is 0 Å². The number of aliphatic imine (C=N–C) groups is 1. The van der Waals surface area contributed by atoms with Crippen LogP contribution in [0.5, 0.6) is 0 Å². The Labute approximate surface area is 63.8 Å². The first-order chi connectivity index (χ1) is 4.74. The Kier molecular flexibility index (Phi) is 2.14. The lowest BCUT2D eigenvalue weighted by molar-refractivity contribution is -0.143. The van der Waals surface area contributed by atoms with Crippen molar-refractivity contribution in [1.82, 2.24) is 0 Å². The first-order valence-electron chi connectivity index (χ1n) is 2.89. The van der Waals surface area contributed by atoms with E-state index in [2.05, 4.69) is 22.4 Å². The van der Waals surface area contributed by atoms with E-state index >= 15 is 0 Å². The zero-order valence-electron chi connectivity index (χ0n) is 5.20. The van der Waals surface area contributed by atoms with Crippen LogP contribution in [0.25, 0.3) is 0 Å². The number of nitrogens with zero attached hydrogens (tertiary/aromatic N) is 1. The monoisotopic (exact) mass is 156 g/mol. The lowest BCUT2D eigenvalue weighted by Crippen LogP contribution is -2.27. The molecule has 1 aliphatic carbocycles. The third kappa shape index (κ3) is 1.40. The summed E-state index contributed by atoms with van der Waals surface area (Å²) in [5.41, 5.74) is 0. The molecule has 1 rings (SSSR count). The van der Waals surface area contributed by atoms with Gasteiger partial charge in [0.1, 0.15) is 0 Å². The maximum absolute atomic E-state index is 10.2. The largest absolute Gasteiger partial charge is 0.481 e. The summed E-state index contributed by atoms with van der Waals surface area (Å²) < 4.78 is 0. The van der Waals surface area contributed by atoms with Crippen molar-refractivity contribution in [1.29, 1.82) is 0 Å². The summed E-state index contributed by atoms with van der Waals surface area (Å²) in [5.74, 6) is -0.981. The van der Waals surface area contributed by atoms with Gasteiger partial charge in [0.15, 0.2) is 0 Å². The van der Waals surface area contributed by atoms with E-state index in [0.29, 0.717) is 12.8 Å². The van der Waals surface area contributed by atoms with Crippen molar-refractivity contribution < 1.29 is 9.90 Å². The van der Waals surface area contributed by atoms with Gasteiger partial charge in [0, 0.05) is 0 Å². The number of carbonyl (C=O) groups is 1. The Morgan fingerprint density at radius 3 is 2.80 bits per heavy atom. The topological polar surface area (TPSA) is 49.7 Å². The summed E-state index contributed by atoms with van der Waals surface area (Å²) in [6.45, 7) is 0. The van der Waals surface area contributed by atoms with E-state index in [1.807, 2.05) is 0 Å². The van der Waals surface area contributed by atoms with Crippen LogP contribution in [-0.2, 0) is 4.79 Å². The highest BCUT2D eigenvalue weighted by Gasteiger charge is 2.34. The molecule has 1 aliphatic rings. The van der Waals surface area contributed by atoms with Gasteiger partial charge in [-0.15, -0.1) is 0 Å². The number of thiocarbonyl (C=S) groups is 1. The Bertz CT molecular complexity index is 186. The molecule has 0 aromatic carbocycles. The Morgan fingerprint density at radius 2 is 2.40 bits per heavy atom. The Hall–Kier alpha value is -0.730. The van der Waals surface area contributed by atoms with Crippen molar-refractivity contribution in [3.8, 4) is 0 Å². The number of hydrogen-bond acceptors (Lipinski definition) is 3. The second kappa shape index (κ2) is 2.90. The number of rotatable bonds is 2. The van der Waals surface area contributed by atoms with Crippen molar-refractivity contribution >= 4 is 23.3 Å². The van der Waals surface area contributed by atoms with Crippen LogP contribution in [0.15, 0.2) is 4.99 Å². The van der Waals surface area contributed by atoms with E-state index in [1.54, 1.807) is 0 Å². The Balaban J connectivity index is 2.30. The van der Waals surface area contributed by atoms with E-state index in [4.69, 9.17) is 5.11 Å². The van der Waals surface area contributed by atoms with E-state index in [9.17, 15) is 4.79 Å². The van der Waals surface area contributed by atoms with Gasteiger partial charge in [-0.3, -0.25) is 4.79 Å².